The van der Waals surface area contributed by atoms with Crippen LogP contribution in [0.25, 0.3) is 0 Å². The lowest BCUT2D eigenvalue weighted by Crippen LogP contribution is -2.49. The van der Waals surface area contributed by atoms with Crippen LogP contribution in [-0.2, 0) is 30.6 Å². The molecule has 2 atom stereocenters. The predicted octanol–water partition coefficient (Wildman–Crippen LogP) is 2.03. The van der Waals surface area contributed by atoms with E-state index < -0.39 is 0 Å². The largest absolute Gasteiger partial charge is 0.342 e. The Bertz CT molecular complexity index is 929. The van der Waals surface area contributed by atoms with Crippen LogP contribution in [0.1, 0.15) is 54.2 Å². The molecule has 142 valence electrons. The van der Waals surface area contributed by atoms with E-state index in [2.05, 4.69) is 10.2 Å². The number of H-pyrrole nitrogens is 1. The normalized spacial score (nSPS) is 23.6. The van der Waals surface area contributed by atoms with Gasteiger partial charge in [0.25, 0.3) is 5.56 Å². The van der Waals surface area contributed by atoms with Crippen LogP contribution in [0, 0.1) is 5.92 Å². The van der Waals surface area contributed by atoms with Crippen LogP contribution in [0.15, 0.2) is 23.0 Å². The Hall–Kier alpha value is -2.37. The summed E-state index contributed by atoms with van der Waals surface area (Å²) in [6, 6.07) is 5.53. The number of aryl methyl sites for hydroxylation is 2. The number of aromatic amines is 1. The van der Waals surface area contributed by atoms with Crippen LogP contribution in [0.4, 0.5) is 0 Å². The van der Waals surface area contributed by atoms with Crippen LogP contribution < -0.4 is 5.56 Å². The molecule has 27 heavy (non-hydrogen) atoms. The van der Waals surface area contributed by atoms with Gasteiger partial charge in [-0.3, -0.25) is 14.7 Å². The highest BCUT2D eigenvalue weighted by molar-refractivity contribution is 5.76. The quantitative estimate of drug-likeness (QED) is 0.903. The summed E-state index contributed by atoms with van der Waals surface area (Å²) >= 11 is 0. The monoisotopic (exact) mass is 366 g/mol. The van der Waals surface area contributed by atoms with E-state index >= 15 is 0 Å². The van der Waals surface area contributed by atoms with E-state index in [9.17, 15) is 9.59 Å². The molecular weight excluding hydrogens is 340 g/mol. The van der Waals surface area contributed by atoms with Gasteiger partial charge in [-0.1, -0.05) is 6.07 Å². The molecule has 0 spiro atoms. The fourth-order valence-electron chi connectivity index (χ4n) is 5.24. The van der Waals surface area contributed by atoms with Gasteiger partial charge in [0.15, 0.2) is 0 Å². The molecule has 0 unspecified atom stereocenters. The molecule has 1 aliphatic carbocycles. The van der Waals surface area contributed by atoms with Crippen molar-refractivity contribution in [2.24, 2.45) is 5.92 Å². The van der Waals surface area contributed by atoms with E-state index in [0.29, 0.717) is 12.3 Å². The number of pyridine rings is 1. The minimum Gasteiger partial charge on any atom is -0.342 e. The summed E-state index contributed by atoms with van der Waals surface area (Å²) in [6.45, 7) is 2.24. The minimum atomic E-state index is 0.0882. The Balaban J connectivity index is 1.27. The number of piperidine rings is 1. The number of hydrogen-bond donors (Lipinski definition) is 1. The van der Waals surface area contributed by atoms with E-state index in [1.54, 1.807) is 6.07 Å². The molecule has 1 N–H and O–H groups in total. The van der Waals surface area contributed by atoms with Crippen molar-refractivity contribution in [3.05, 3.63) is 51.2 Å². The van der Waals surface area contributed by atoms with E-state index in [0.717, 1.165) is 56.7 Å². The second kappa shape index (κ2) is 6.66. The number of nitrogens with zero attached hydrogens (tertiary/aromatic N) is 3. The van der Waals surface area contributed by atoms with Gasteiger partial charge in [0.1, 0.15) is 0 Å². The highest BCUT2D eigenvalue weighted by atomic mass is 16.2. The predicted molar refractivity (Wildman–Crippen MR) is 102 cm³/mol. The van der Waals surface area contributed by atoms with Crippen molar-refractivity contribution in [3.8, 4) is 0 Å². The van der Waals surface area contributed by atoms with Gasteiger partial charge >= 0.3 is 0 Å². The lowest BCUT2D eigenvalue weighted by Gasteiger charge is -2.42. The van der Waals surface area contributed by atoms with Crippen molar-refractivity contribution in [1.82, 2.24) is 19.7 Å². The summed E-state index contributed by atoms with van der Waals surface area (Å²) < 4.78 is 1.91. The highest BCUT2D eigenvalue weighted by Crippen LogP contribution is 2.35. The zero-order valence-corrected chi connectivity index (χ0v) is 15.6. The number of aromatic nitrogens is 3. The molecule has 0 saturated carbocycles. The molecule has 2 aromatic heterocycles. The topological polar surface area (TPSA) is 71.0 Å². The third kappa shape index (κ3) is 3.01. The third-order valence-electron chi connectivity index (χ3n) is 6.55. The van der Waals surface area contributed by atoms with Crippen molar-refractivity contribution in [3.63, 3.8) is 0 Å². The SMILES string of the molecule is O=C(CCc1n[nH]c2c1CCCC2)N1C[C@H]2C[C@@H](C1)c1cccc(=O)n1C2. The molecule has 0 aromatic carbocycles. The van der Waals surface area contributed by atoms with Crippen LogP contribution in [0.2, 0.25) is 0 Å². The zero-order valence-electron chi connectivity index (χ0n) is 15.6. The molecular formula is C21H26N4O2. The number of rotatable bonds is 3. The van der Waals surface area contributed by atoms with E-state index in [4.69, 9.17) is 0 Å². The summed E-state index contributed by atoms with van der Waals surface area (Å²) in [7, 11) is 0. The first-order valence-electron chi connectivity index (χ1n) is 10.2. The summed E-state index contributed by atoms with van der Waals surface area (Å²) in [4.78, 5) is 27.1. The molecule has 5 rings (SSSR count). The second-order valence-electron chi connectivity index (χ2n) is 8.33. The molecule has 6 nitrogen and oxygen atoms in total. The lowest BCUT2D eigenvalue weighted by molar-refractivity contribution is -0.133. The molecule has 2 aliphatic heterocycles. The molecule has 4 heterocycles. The summed E-state index contributed by atoms with van der Waals surface area (Å²) in [5, 5.41) is 7.65. The van der Waals surface area contributed by atoms with Crippen molar-refractivity contribution < 1.29 is 4.79 Å². The Morgan fingerprint density at radius 1 is 1.19 bits per heavy atom. The summed E-state index contributed by atoms with van der Waals surface area (Å²) in [6.07, 6.45) is 6.97. The number of carbonyl (C=O) groups excluding carboxylic acids is 1. The van der Waals surface area contributed by atoms with Crippen molar-refractivity contribution in [1.29, 1.82) is 0 Å². The van der Waals surface area contributed by atoms with E-state index in [1.807, 2.05) is 21.6 Å². The average Bonchev–Trinajstić information content (AvgIpc) is 3.10. The van der Waals surface area contributed by atoms with Crippen LogP contribution in [-0.4, -0.2) is 38.7 Å². The molecule has 0 radical (unpaired) electrons. The number of fused-ring (bicyclic) bond motifs is 5. The minimum absolute atomic E-state index is 0.0882. The maximum absolute atomic E-state index is 12.9. The number of amides is 1. The average molecular weight is 366 g/mol. The zero-order chi connectivity index (χ0) is 18.4. The van der Waals surface area contributed by atoms with Gasteiger partial charge in [0, 0.05) is 55.8 Å². The van der Waals surface area contributed by atoms with Crippen molar-refractivity contribution >= 4 is 5.91 Å². The third-order valence-corrected chi connectivity index (χ3v) is 6.55. The van der Waals surface area contributed by atoms with E-state index in [1.165, 1.54) is 24.1 Å². The Kier molecular flexibility index (Phi) is 4.14. The highest BCUT2D eigenvalue weighted by Gasteiger charge is 2.36. The molecule has 2 aromatic rings. The molecule has 6 heteroatoms. The Morgan fingerprint density at radius 2 is 2.07 bits per heavy atom. The maximum Gasteiger partial charge on any atom is 0.250 e. The smallest absolute Gasteiger partial charge is 0.250 e. The first-order chi connectivity index (χ1) is 13.2. The number of likely N-dealkylation sites (tertiary alicyclic amines) is 1. The Labute approximate surface area is 158 Å². The van der Waals surface area contributed by atoms with E-state index in [-0.39, 0.29) is 17.4 Å². The van der Waals surface area contributed by atoms with Gasteiger partial charge in [0.05, 0.1) is 5.69 Å². The first kappa shape index (κ1) is 16.8. The summed E-state index contributed by atoms with van der Waals surface area (Å²) in [5.74, 6) is 0.899. The number of carbonyl (C=O) groups is 1. The first-order valence-corrected chi connectivity index (χ1v) is 10.2. The molecule has 1 amide bonds. The maximum atomic E-state index is 12.9. The van der Waals surface area contributed by atoms with Gasteiger partial charge in [-0.25, -0.2) is 0 Å². The molecule has 2 bridgehead atoms. The van der Waals surface area contributed by atoms with Gasteiger partial charge in [-0.2, -0.15) is 5.10 Å². The fourth-order valence-corrected chi connectivity index (χ4v) is 5.24. The molecule has 1 saturated heterocycles. The van der Waals surface area contributed by atoms with Crippen molar-refractivity contribution in [2.45, 2.75) is 57.4 Å². The Morgan fingerprint density at radius 3 is 3.00 bits per heavy atom. The van der Waals surface area contributed by atoms with Gasteiger partial charge in [-0.05, 0) is 49.7 Å². The van der Waals surface area contributed by atoms with Crippen LogP contribution in [0.5, 0.6) is 0 Å². The number of nitrogens with one attached hydrogen (secondary N) is 1. The van der Waals surface area contributed by atoms with Gasteiger partial charge in [0.2, 0.25) is 5.91 Å². The van der Waals surface area contributed by atoms with Gasteiger partial charge < -0.3 is 9.47 Å². The van der Waals surface area contributed by atoms with Crippen LogP contribution >= 0.6 is 0 Å². The number of hydrogen-bond acceptors (Lipinski definition) is 3. The van der Waals surface area contributed by atoms with Crippen LogP contribution in [0.3, 0.4) is 0 Å². The molecule has 3 aliphatic rings. The summed E-state index contributed by atoms with van der Waals surface area (Å²) in [5.41, 5.74) is 4.91. The second-order valence-corrected chi connectivity index (χ2v) is 8.33. The lowest BCUT2D eigenvalue weighted by atomic mass is 9.83. The fraction of sp³-hybridized carbons (Fsp3) is 0.571. The standard InChI is InChI=1S/C21H26N4O2/c26-20(9-8-18-16-4-1-2-5-17(16)22-23-18)24-11-14-10-15(13-24)19-6-3-7-21(27)25(19)12-14/h3,6-7,14-15H,1-2,4-5,8-13H2,(H,22,23)/t14-,15+/m1/s1. The molecule has 1 fully saturated rings. The van der Waals surface area contributed by atoms with Crippen molar-refractivity contribution in [2.75, 3.05) is 13.1 Å². The van der Waals surface area contributed by atoms with Gasteiger partial charge in [-0.15, -0.1) is 0 Å².